The summed E-state index contributed by atoms with van der Waals surface area (Å²) in [5.74, 6) is 1.66. The van der Waals surface area contributed by atoms with Crippen LogP contribution < -0.4 is 10.6 Å². The molecule has 0 aliphatic carbocycles. The van der Waals surface area contributed by atoms with Crippen LogP contribution in [0.5, 0.6) is 0 Å². The van der Waals surface area contributed by atoms with Crippen LogP contribution in [0.25, 0.3) is 0 Å². The normalized spacial score (nSPS) is 12.7. The number of pyridine rings is 1. The average molecular weight is 418 g/mol. The van der Waals surface area contributed by atoms with Crippen molar-refractivity contribution in [3.05, 3.63) is 30.1 Å². The summed E-state index contributed by atoms with van der Waals surface area (Å²) in [5.41, 5.74) is 1.23. The first-order chi connectivity index (χ1) is 10.1. The molecule has 0 aliphatic rings. The quantitative estimate of drug-likeness (QED) is 0.385. The Labute approximate surface area is 152 Å². The molecule has 0 aliphatic heterocycles. The number of nitrogens with zero attached hydrogens (tertiary/aromatic N) is 2. The molecule has 126 valence electrons. The van der Waals surface area contributed by atoms with Crippen LogP contribution in [0.4, 0.5) is 0 Å². The van der Waals surface area contributed by atoms with Crippen molar-refractivity contribution >= 4 is 29.9 Å². The fourth-order valence-electron chi connectivity index (χ4n) is 2.05. The third-order valence-electron chi connectivity index (χ3n) is 3.30. The second kappa shape index (κ2) is 12.7. The second-order valence-electron chi connectivity index (χ2n) is 5.89. The lowest BCUT2D eigenvalue weighted by molar-refractivity contribution is 0.489. The van der Waals surface area contributed by atoms with Gasteiger partial charge in [0.1, 0.15) is 0 Å². The first-order valence-electron chi connectivity index (χ1n) is 8.05. The molecular formula is C17H31IN4. The van der Waals surface area contributed by atoms with Crippen molar-refractivity contribution in [3.63, 3.8) is 0 Å². The summed E-state index contributed by atoms with van der Waals surface area (Å²) in [7, 11) is 0. The zero-order chi connectivity index (χ0) is 15.5. The van der Waals surface area contributed by atoms with Crippen molar-refractivity contribution in [1.82, 2.24) is 15.6 Å². The minimum atomic E-state index is 0. The van der Waals surface area contributed by atoms with Crippen LogP contribution in [0.1, 0.15) is 46.1 Å². The van der Waals surface area contributed by atoms with Crippen molar-refractivity contribution in [2.45, 2.75) is 53.0 Å². The molecule has 0 bridgehead atoms. The van der Waals surface area contributed by atoms with Gasteiger partial charge in [-0.2, -0.15) is 0 Å². The van der Waals surface area contributed by atoms with Gasteiger partial charge in [-0.15, -0.1) is 24.0 Å². The van der Waals surface area contributed by atoms with Gasteiger partial charge in [-0.25, -0.2) is 0 Å². The number of hydrogen-bond donors (Lipinski definition) is 2. The third-order valence-corrected chi connectivity index (χ3v) is 3.30. The Morgan fingerprint density at radius 3 is 2.64 bits per heavy atom. The topological polar surface area (TPSA) is 49.3 Å². The van der Waals surface area contributed by atoms with E-state index in [1.54, 1.807) is 6.20 Å². The number of guanidine groups is 1. The minimum Gasteiger partial charge on any atom is -0.357 e. The average Bonchev–Trinajstić information content (AvgIpc) is 2.46. The zero-order valence-electron chi connectivity index (χ0n) is 14.3. The predicted molar refractivity (Wildman–Crippen MR) is 106 cm³/mol. The number of halogens is 1. The van der Waals surface area contributed by atoms with Crippen LogP contribution in [-0.4, -0.2) is 30.1 Å². The lowest BCUT2D eigenvalue weighted by atomic mass is 10.0. The molecule has 2 N–H and O–H groups in total. The molecule has 4 nitrogen and oxygen atoms in total. The number of hydrogen-bond acceptors (Lipinski definition) is 2. The van der Waals surface area contributed by atoms with Gasteiger partial charge in [0.2, 0.25) is 0 Å². The predicted octanol–water partition coefficient (Wildman–Crippen LogP) is 3.62. The van der Waals surface area contributed by atoms with Crippen molar-refractivity contribution in [1.29, 1.82) is 0 Å². The van der Waals surface area contributed by atoms with Crippen LogP contribution in [0.3, 0.4) is 0 Å². The van der Waals surface area contributed by atoms with Gasteiger partial charge in [0.05, 0.1) is 0 Å². The Balaban J connectivity index is 0.00000441. The number of aromatic nitrogens is 1. The summed E-state index contributed by atoms with van der Waals surface area (Å²) in [4.78, 5) is 8.77. The Bertz CT molecular complexity index is 406. The van der Waals surface area contributed by atoms with Crippen LogP contribution in [0.15, 0.2) is 29.5 Å². The van der Waals surface area contributed by atoms with Gasteiger partial charge in [0.15, 0.2) is 5.96 Å². The maximum Gasteiger partial charge on any atom is 0.191 e. The molecule has 0 fully saturated rings. The van der Waals surface area contributed by atoms with Crippen molar-refractivity contribution in [2.24, 2.45) is 10.9 Å². The molecule has 5 heteroatoms. The number of nitrogens with one attached hydrogen (secondary N) is 2. The molecule has 1 aromatic heterocycles. The number of aliphatic imine (C=N–C) groups is 1. The van der Waals surface area contributed by atoms with E-state index in [0.29, 0.717) is 6.04 Å². The molecular weight excluding hydrogens is 387 g/mol. The SMILES string of the molecule is CCNC(=NCCc1cccnc1)NC(C)CCC(C)C.I. The van der Waals surface area contributed by atoms with Gasteiger partial charge in [0.25, 0.3) is 0 Å². The van der Waals surface area contributed by atoms with Gasteiger partial charge < -0.3 is 10.6 Å². The van der Waals surface area contributed by atoms with Crippen molar-refractivity contribution in [2.75, 3.05) is 13.1 Å². The Hall–Kier alpha value is -0.850. The van der Waals surface area contributed by atoms with E-state index in [1.165, 1.54) is 18.4 Å². The highest BCUT2D eigenvalue weighted by molar-refractivity contribution is 14.0. The Morgan fingerprint density at radius 1 is 1.27 bits per heavy atom. The van der Waals surface area contributed by atoms with Gasteiger partial charge in [-0.05, 0) is 50.7 Å². The second-order valence-corrected chi connectivity index (χ2v) is 5.89. The zero-order valence-corrected chi connectivity index (χ0v) is 16.6. The molecule has 0 saturated heterocycles. The Kier molecular flexibility index (Phi) is 12.2. The van der Waals surface area contributed by atoms with E-state index in [4.69, 9.17) is 0 Å². The molecule has 1 heterocycles. The van der Waals surface area contributed by atoms with E-state index in [-0.39, 0.29) is 24.0 Å². The van der Waals surface area contributed by atoms with E-state index in [2.05, 4.69) is 54.4 Å². The molecule has 0 saturated carbocycles. The number of rotatable bonds is 8. The van der Waals surface area contributed by atoms with Gasteiger partial charge in [-0.1, -0.05) is 19.9 Å². The molecule has 1 unspecified atom stereocenters. The molecule has 0 spiro atoms. The summed E-state index contributed by atoms with van der Waals surface area (Å²) in [6, 6.07) is 4.51. The van der Waals surface area contributed by atoms with Crippen molar-refractivity contribution in [3.8, 4) is 0 Å². The van der Waals surface area contributed by atoms with Crippen molar-refractivity contribution < 1.29 is 0 Å². The first-order valence-corrected chi connectivity index (χ1v) is 8.05. The lowest BCUT2D eigenvalue weighted by Crippen LogP contribution is -2.42. The summed E-state index contributed by atoms with van der Waals surface area (Å²) < 4.78 is 0. The Morgan fingerprint density at radius 2 is 2.05 bits per heavy atom. The molecule has 1 aromatic rings. The fourth-order valence-corrected chi connectivity index (χ4v) is 2.05. The van der Waals surface area contributed by atoms with Gasteiger partial charge in [0, 0.05) is 31.5 Å². The van der Waals surface area contributed by atoms with Crippen LogP contribution in [0, 0.1) is 5.92 Å². The summed E-state index contributed by atoms with van der Waals surface area (Å²) in [6.07, 6.45) is 7.04. The van der Waals surface area contributed by atoms with Crippen LogP contribution in [-0.2, 0) is 6.42 Å². The molecule has 1 atom stereocenters. The van der Waals surface area contributed by atoms with E-state index in [0.717, 1.165) is 31.4 Å². The fraction of sp³-hybridized carbons (Fsp3) is 0.647. The molecule has 1 rings (SSSR count). The maximum absolute atomic E-state index is 4.64. The molecule has 0 aromatic carbocycles. The summed E-state index contributed by atoms with van der Waals surface area (Å²) in [6.45, 7) is 10.5. The molecule has 0 amide bonds. The van der Waals surface area contributed by atoms with Crippen LogP contribution >= 0.6 is 24.0 Å². The van der Waals surface area contributed by atoms with E-state index >= 15 is 0 Å². The summed E-state index contributed by atoms with van der Waals surface area (Å²) in [5, 5.41) is 6.79. The van der Waals surface area contributed by atoms with Crippen LogP contribution in [0.2, 0.25) is 0 Å². The highest BCUT2D eigenvalue weighted by atomic mass is 127. The first kappa shape index (κ1) is 21.1. The maximum atomic E-state index is 4.64. The highest BCUT2D eigenvalue weighted by Crippen LogP contribution is 2.06. The van der Waals surface area contributed by atoms with Gasteiger partial charge >= 0.3 is 0 Å². The monoisotopic (exact) mass is 418 g/mol. The van der Waals surface area contributed by atoms with E-state index in [1.807, 2.05) is 12.3 Å². The summed E-state index contributed by atoms with van der Waals surface area (Å²) >= 11 is 0. The largest absolute Gasteiger partial charge is 0.357 e. The highest BCUT2D eigenvalue weighted by Gasteiger charge is 2.06. The lowest BCUT2D eigenvalue weighted by Gasteiger charge is -2.18. The third kappa shape index (κ3) is 9.97. The standard InChI is InChI=1S/C17H30N4.HI/c1-5-19-17(21-15(4)9-8-14(2)3)20-12-10-16-7-6-11-18-13-16;/h6-7,11,13-15H,5,8-10,12H2,1-4H3,(H2,19,20,21);1H. The van der Waals surface area contributed by atoms with E-state index < -0.39 is 0 Å². The van der Waals surface area contributed by atoms with Gasteiger partial charge in [-0.3, -0.25) is 9.98 Å². The molecule has 22 heavy (non-hydrogen) atoms. The molecule has 0 radical (unpaired) electrons. The smallest absolute Gasteiger partial charge is 0.191 e. The minimum absolute atomic E-state index is 0. The van der Waals surface area contributed by atoms with E-state index in [9.17, 15) is 0 Å².